The molecular formula is C14H24N2O. The highest BCUT2D eigenvalue weighted by atomic mass is 16.2. The van der Waals surface area contributed by atoms with Crippen LogP contribution in [0.1, 0.15) is 51.4 Å². The largest absolute Gasteiger partial charge is 0.337 e. The van der Waals surface area contributed by atoms with Gasteiger partial charge in [-0.3, -0.25) is 4.79 Å². The average Bonchev–Trinajstić information content (AvgIpc) is 2.40. The zero-order valence-corrected chi connectivity index (χ0v) is 10.7. The summed E-state index contributed by atoms with van der Waals surface area (Å²) < 4.78 is 0. The van der Waals surface area contributed by atoms with E-state index in [2.05, 4.69) is 10.2 Å². The molecule has 3 aliphatic rings. The molecular weight excluding hydrogens is 212 g/mol. The smallest absolute Gasteiger partial charge is 0.240 e. The number of piperazine rings is 1. The third-order valence-electron chi connectivity index (χ3n) is 4.87. The van der Waals surface area contributed by atoms with E-state index in [0.717, 1.165) is 13.1 Å². The highest BCUT2D eigenvalue weighted by molar-refractivity contribution is 5.83. The molecule has 0 bridgehead atoms. The molecule has 2 aliphatic heterocycles. The number of carbonyl (C=O) groups is 1. The van der Waals surface area contributed by atoms with Crippen molar-refractivity contribution >= 4 is 5.91 Å². The van der Waals surface area contributed by atoms with Gasteiger partial charge in [0.25, 0.3) is 0 Å². The lowest BCUT2D eigenvalue weighted by molar-refractivity contribution is -0.142. The number of nitrogens with one attached hydrogen (secondary N) is 1. The number of piperidine rings is 1. The third-order valence-corrected chi connectivity index (χ3v) is 4.87. The summed E-state index contributed by atoms with van der Waals surface area (Å²) in [6, 6.07) is 0.640. The molecule has 1 aliphatic carbocycles. The van der Waals surface area contributed by atoms with Crippen molar-refractivity contribution in [3.8, 4) is 0 Å². The molecule has 2 atom stereocenters. The van der Waals surface area contributed by atoms with Gasteiger partial charge in [0.15, 0.2) is 0 Å². The van der Waals surface area contributed by atoms with Gasteiger partial charge in [-0.15, -0.1) is 0 Å². The monoisotopic (exact) mass is 236 g/mol. The van der Waals surface area contributed by atoms with Crippen LogP contribution in [0.15, 0.2) is 0 Å². The van der Waals surface area contributed by atoms with Crippen molar-refractivity contribution in [2.75, 3.05) is 13.1 Å². The van der Waals surface area contributed by atoms with E-state index in [1.54, 1.807) is 0 Å². The quantitative estimate of drug-likeness (QED) is 0.754. The second-order valence-electron chi connectivity index (χ2n) is 5.97. The minimum absolute atomic E-state index is 0.143. The predicted octanol–water partition coefficient (Wildman–Crippen LogP) is 1.92. The van der Waals surface area contributed by atoms with Gasteiger partial charge in [-0.05, 0) is 38.0 Å². The second-order valence-corrected chi connectivity index (χ2v) is 5.97. The van der Waals surface area contributed by atoms with Crippen molar-refractivity contribution in [1.82, 2.24) is 10.2 Å². The number of amides is 1. The van der Waals surface area contributed by atoms with Crippen LogP contribution < -0.4 is 5.32 Å². The molecule has 1 N–H and O–H groups in total. The number of rotatable bonds is 1. The van der Waals surface area contributed by atoms with Gasteiger partial charge in [-0.1, -0.05) is 19.3 Å². The van der Waals surface area contributed by atoms with Crippen molar-refractivity contribution in [3.63, 3.8) is 0 Å². The van der Waals surface area contributed by atoms with Crippen LogP contribution in [0.3, 0.4) is 0 Å². The molecule has 2 saturated heterocycles. The normalized spacial score (nSPS) is 35.8. The summed E-state index contributed by atoms with van der Waals surface area (Å²) in [7, 11) is 0. The van der Waals surface area contributed by atoms with Crippen LogP contribution in [0, 0.1) is 5.92 Å². The maximum atomic E-state index is 12.5. The Morgan fingerprint density at radius 3 is 2.59 bits per heavy atom. The lowest BCUT2D eigenvalue weighted by atomic mass is 9.81. The summed E-state index contributed by atoms with van der Waals surface area (Å²) in [5.74, 6) is 1.02. The molecule has 2 unspecified atom stereocenters. The molecule has 0 aromatic carbocycles. The number of hydrogen-bond donors (Lipinski definition) is 1. The summed E-state index contributed by atoms with van der Waals surface area (Å²) in [4.78, 5) is 14.7. The molecule has 1 saturated carbocycles. The third kappa shape index (κ3) is 2.22. The van der Waals surface area contributed by atoms with Crippen LogP contribution in [0.5, 0.6) is 0 Å². The summed E-state index contributed by atoms with van der Waals surface area (Å²) >= 11 is 0. The summed E-state index contributed by atoms with van der Waals surface area (Å²) in [6.45, 7) is 2.04. The van der Waals surface area contributed by atoms with Gasteiger partial charge < -0.3 is 10.2 Å². The Morgan fingerprint density at radius 1 is 1.00 bits per heavy atom. The van der Waals surface area contributed by atoms with Crippen molar-refractivity contribution in [2.24, 2.45) is 5.92 Å². The van der Waals surface area contributed by atoms with Crippen molar-refractivity contribution < 1.29 is 4.79 Å². The number of hydrogen-bond acceptors (Lipinski definition) is 2. The van der Waals surface area contributed by atoms with E-state index in [0.29, 0.717) is 17.9 Å². The number of nitrogens with zero attached hydrogens (tertiary/aromatic N) is 1. The number of carbonyl (C=O) groups excluding carboxylic acids is 1. The molecule has 3 heteroatoms. The summed E-state index contributed by atoms with van der Waals surface area (Å²) in [5, 5.41) is 3.55. The Kier molecular flexibility index (Phi) is 3.37. The fourth-order valence-electron chi connectivity index (χ4n) is 3.87. The first-order valence-corrected chi connectivity index (χ1v) is 7.40. The van der Waals surface area contributed by atoms with Gasteiger partial charge in [-0.2, -0.15) is 0 Å². The molecule has 0 spiro atoms. The van der Waals surface area contributed by atoms with E-state index in [9.17, 15) is 4.79 Å². The van der Waals surface area contributed by atoms with Crippen LogP contribution in [-0.4, -0.2) is 36.0 Å². The van der Waals surface area contributed by atoms with E-state index < -0.39 is 0 Å². The summed E-state index contributed by atoms with van der Waals surface area (Å²) in [6.07, 6.45) is 10.2. The minimum Gasteiger partial charge on any atom is -0.337 e. The zero-order chi connectivity index (χ0) is 11.7. The minimum atomic E-state index is 0.143. The lowest BCUT2D eigenvalue weighted by Crippen LogP contribution is -2.63. The van der Waals surface area contributed by atoms with E-state index in [-0.39, 0.29) is 6.04 Å². The molecule has 0 radical (unpaired) electrons. The topological polar surface area (TPSA) is 32.3 Å². The van der Waals surface area contributed by atoms with Crippen molar-refractivity contribution in [1.29, 1.82) is 0 Å². The van der Waals surface area contributed by atoms with E-state index in [4.69, 9.17) is 0 Å². The van der Waals surface area contributed by atoms with Crippen LogP contribution in [-0.2, 0) is 4.79 Å². The maximum Gasteiger partial charge on any atom is 0.240 e. The van der Waals surface area contributed by atoms with Crippen LogP contribution in [0.4, 0.5) is 0 Å². The van der Waals surface area contributed by atoms with Gasteiger partial charge in [0, 0.05) is 19.1 Å². The van der Waals surface area contributed by atoms with E-state index in [1.165, 1.54) is 51.4 Å². The highest BCUT2D eigenvalue weighted by Gasteiger charge is 2.39. The van der Waals surface area contributed by atoms with Crippen LogP contribution in [0.25, 0.3) is 0 Å². The Morgan fingerprint density at radius 2 is 1.76 bits per heavy atom. The molecule has 3 rings (SSSR count). The van der Waals surface area contributed by atoms with Gasteiger partial charge in [0.1, 0.15) is 0 Å². The molecule has 3 nitrogen and oxygen atoms in total. The Hall–Kier alpha value is -0.570. The van der Waals surface area contributed by atoms with Gasteiger partial charge >= 0.3 is 0 Å². The fraction of sp³-hybridized carbons (Fsp3) is 0.929. The summed E-state index contributed by atoms with van der Waals surface area (Å²) in [5.41, 5.74) is 0. The van der Waals surface area contributed by atoms with Crippen LogP contribution >= 0.6 is 0 Å². The maximum absolute atomic E-state index is 12.5. The molecule has 2 heterocycles. The van der Waals surface area contributed by atoms with Crippen molar-refractivity contribution in [3.05, 3.63) is 0 Å². The molecule has 1 amide bonds. The molecule has 0 aromatic rings. The molecule has 0 aromatic heterocycles. The first-order valence-electron chi connectivity index (χ1n) is 7.40. The SMILES string of the molecule is O=C1C(C2CCCCC2)NCC2CCCCN12. The highest BCUT2D eigenvalue weighted by Crippen LogP contribution is 2.30. The Labute approximate surface area is 104 Å². The van der Waals surface area contributed by atoms with E-state index in [1.807, 2.05) is 0 Å². The first-order chi connectivity index (χ1) is 8.36. The van der Waals surface area contributed by atoms with Crippen LogP contribution in [0.2, 0.25) is 0 Å². The molecule has 3 fully saturated rings. The van der Waals surface area contributed by atoms with Gasteiger partial charge in [0.05, 0.1) is 6.04 Å². The zero-order valence-electron chi connectivity index (χ0n) is 10.7. The van der Waals surface area contributed by atoms with Gasteiger partial charge in [-0.25, -0.2) is 0 Å². The second kappa shape index (κ2) is 4.97. The lowest BCUT2D eigenvalue weighted by Gasteiger charge is -2.45. The molecule has 17 heavy (non-hydrogen) atoms. The fourth-order valence-corrected chi connectivity index (χ4v) is 3.87. The first kappa shape index (κ1) is 11.5. The van der Waals surface area contributed by atoms with Gasteiger partial charge in [0.2, 0.25) is 5.91 Å². The Bertz CT molecular complexity index is 286. The molecule has 96 valence electrons. The average molecular weight is 236 g/mol. The number of fused-ring (bicyclic) bond motifs is 1. The Balaban J connectivity index is 1.67. The predicted molar refractivity (Wildman–Crippen MR) is 67.7 cm³/mol. The van der Waals surface area contributed by atoms with Crippen molar-refractivity contribution in [2.45, 2.75) is 63.5 Å². The standard InChI is InChI=1S/C14H24N2O/c17-14-13(11-6-2-1-3-7-11)15-10-12-8-4-5-9-16(12)14/h11-13,15H,1-10H2. The van der Waals surface area contributed by atoms with E-state index >= 15 is 0 Å².